The first-order valence-electron chi connectivity index (χ1n) is 12.1. The summed E-state index contributed by atoms with van der Waals surface area (Å²) < 4.78 is 6.52. The standard InChI is InChI=1S/C25H33N5O/c1-28-14-16(10-19-18-4-2-5-20-24(18)17(13-26-20)11-22(19)28)12-27-23-15-30-9-8-29-7-3-6-21(29)25(30)31-23/h2,4-5,10,13,16,21-23,25-27H,3,6-9,11-12,14-15H2,1H3. The SMILES string of the molecule is CN1CC(CNC2CN3CCN4CCCC4C3O2)C=C2c3cccc4[nH]cc(c34)CC21. The van der Waals surface area contributed by atoms with Gasteiger partial charge >= 0.3 is 0 Å². The van der Waals surface area contributed by atoms with E-state index in [2.05, 4.69) is 62.5 Å². The van der Waals surface area contributed by atoms with Crippen molar-refractivity contribution in [2.75, 3.05) is 46.3 Å². The fourth-order valence-corrected chi connectivity index (χ4v) is 6.95. The Morgan fingerprint density at radius 3 is 3.06 bits per heavy atom. The quantitative estimate of drug-likeness (QED) is 0.798. The molecule has 4 aliphatic heterocycles. The van der Waals surface area contributed by atoms with Crippen molar-refractivity contribution >= 4 is 16.5 Å². The summed E-state index contributed by atoms with van der Waals surface area (Å²) in [6.45, 7) is 6.74. The number of fused-ring (bicyclic) bond motifs is 5. The van der Waals surface area contributed by atoms with E-state index in [4.69, 9.17) is 4.74 Å². The molecule has 0 saturated carbocycles. The van der Waals surface area contributed by atoms with Crippen LogP contribution in [0.3, 0.4) is 0 Å². The normalized spacial score (nSPS) is 35.8. The number of benzene rings is 1. The molecule has 2 aromatic rings. The lowest BCUT2D eigenvalue weighted by atomic mass is 9.80. The maximum atomic E-state index is 6.52. The first-order valence-corrected chi connectivity index (χ1v) is 12.1. The summed E-state index contributed by atoms with van der Waals surface area (Å²) in [6.07, 6.45) is 8.97. The molecule has 5 unspecified atom stereocenters. The number of hydrogen-bond acceptors (Lipinski definition) is 5. The van der Waals surface area contributed by atoms with Crippen LogP contribution in [0.4, 0.5) is 0 Å². The molecule has 0 amide bonds. The van der Waals surface area contributed by atoms with Crippen molar-refractivity contribution in [3.8, 4) is 0 Å². The summed E-state index contributed by atoms with van der Waals surface area (Å²) in [5, 5.41) is 5.22. The van der Waals surface area contributed by atoms with E-state index < -0.39 is 0 Å². The number of rotatable bonds is 3. The second-order valence-corrected chi connectivity index (χ2v) is 10.2. The number of nitrogens with one attached hydrogen (secondary N) is 2. The molecule has 0 spiro atoms. The third kappa shape index (κ3) is 2.96. The summed E-state index contributed by atoms with van der Waals surface area (Å²) in [5.41, 5.74) is 5.68. The van der Waals surface area contributed by atoms with Crippen molar-refractivity contribution in [1.29, 1.82) is 0 Å². The fourth-order valence-electron chi connectivity index (χ4n) is 6.95. The molecule has 31 heavy (non-hydrogen) atoms. The Balaban J connectivity index is 1.08. The van der Waals surface area contributed by atoms with Crippen molar-refractivity contribution in [3.63, 3.8) is 0 Å². The molecule has 3 fully saturated rings. The van der Waals surface area contributed by atoms with Crippen LogP contribution in [0.2, 0.25) is 0 Å². The van der Waals surface area contributed by atoms with Gasteiger partial charge in [-0.05, 0) is 55.6 Å². The number of nitrogens with zero attached hydrogens (tertiary/aromatic N) is 3. The maximum Gasteiger partial charge on any atom is 0.128 e. The number of H-pyrrole nitrogens is 1. The number of ether oxygens (including phenoxy) is 1. The van der Waals surface area contributed by atoms with E-state index in [9.17, 15) is 0 Å². The molecular formula is C25H33N5O. The van der Waals surface area contributed by atoms with Gasteiger partial charge in [0.1, 0.15) is 12.5 Å². The lowest BCUT2D eigenvalue weighted by molar-refractivity contribution is -0.0795. The number of likely N-dealkylation sites (N-methyl/N-ethyl adjacent to an activating group) is 1. The summed E-state index contributed by atoms with van der Waals surface area (Å²) in [4.78, 5) is 11.2. The number of aromatic amines is 1. The minimum absolute atomic E-state index is 0.165. The van der Waals surface area contributed by atoms with E-state index in [0.29, 0.717) is 24.2 Å². The molecule has 0 radical (unpaired) electrons. The minimum Gasteiger partial charge on any atom is -0.361 e. The van der Waals surface area contributed by atoms with Gasteiger partial charge in [0.15, 0.2) is 0 Å². The molecule has 1 aliphatic carbocycles. The molecule has 3 saturated heterocycles. The summed E-state index contributed by atoms with van der Waals surface area (Å²) in [5.74, 6) is 0.510. The first kappa shape index (κ1) is 18.8. The van der Waals surface area contributed by atoms with Gasteiger partial charge in [0, 0.05) is 67.8 Å². The van der Waals surface area contributed by atoms with Crippen molar-refractivity contribution in [2.45, 2.75) is 43.8 Å². The Labute approximate surface area is 184 Å². The van der Waals surface area contributed by atoms with Crippen LogP contribution in [0, 0.1) is 5.92 Å². The zero-order chi connectivity index (χ0) is 20.5. The topological polar surface area (TPSA) is 46.8 Å². The van der Waals surface area contributed by atoms with Crippen LogP contribution in [0.25, 0.3) is 16.5 Å². The summed E-state index contributed by atoms with van der Waals surface area (Å²) in [6, 6.07) is 7.81. The molecule has 164 valence electrons. The third-order valence-electron chi connectivity index (χ3n) is 8.43. The van der Waals surface area contributed by atoms with Gasteiger partial charge in [-0.1, -0.05) is 18.2 Å². The van der Waals surface area contributed by atoms with Gasteiger partial charge < -0.3 is 9.72 Å². The highest BCUT2D eigenvalue weighted by molar-refractivity contribution is 5.98. The van der Waals surface area contributed by atoms with Crippen molar-refractivity contribution in [2.24, 2.45) is 5.92 Å². The molecule has 6 nitrogen and oxygen atoms in total. The molecule has 6 heteroatoms. The van der Waals surface area contributed by atoms with E-state index in [1.807, 2.05) is 0 Å². The second-order valence-electron chi connectivity index (χ2n) is 10.2. The van der Waals surface area contributed by atoms with Crippen molar-refractivity contribution in [1.82, 2.24) is 25.0 Å². The van der Waals surface area contributed by atoms with Crippen LogP contribution < -0.4 is 5.32 Å². The highest BCUT2D eigenvalue weighted by Crippen LogP contribution is 2.40. The Morgan fingerprint density at radius 2 is 2.10 bits per heavy atom. The zero-order valence-electron chi connectivity index (χ0n) is 18.4. The number of hydrogen-bond donors (Lipinski definition) is 2. The maximum absolute atomic E-state index is 6.52. The third-order valence-corrected chi connectivity index (χ3v) is 8.43. The van der Waals surface area contributed by atoms with Crippen LogP contribution >= 0.6 is 0 Å². The second kappa shape index (κ2) is 7.15. The van der Waals surface area contributed by atoms with E-state index in [-0.39, 0.29) is 6.23 Å². The Kier molecular flexibility index (Phi) is 4.35. The average molecular weight is 420 g/mol. The van der Waals surface area contributed by atoms with Crippen molar-refractivity contribution in [3.05, 3.63) is 41.6 Å². The predicted molar refractivity (Wildman–Crippen MR) is 123 cm³/mol. The van der Waals surface area contributed by atoms with Crippen LogP contribution in [0.15, 0.2) is 30.5 Å². The summed E-state index contributed by atoms with van der Waals surface area (Å²) >= 11 is 0. The predicted octanol–water partition coefficient (Wildman–Crippen LogP) is 2.09. The van der Waals surface area contributed by atoms with Crippen LogP contribution in [0.5, 0.6) is 0 Å². The van der Waals surface area contributed by atoms with Gasteiger partial charge in [-0.3, -0.25) is 20.0 Å². The molecule has 5 aliphatic rings. The smallest absolute Gasteiger partial charge is 0.128 e. The molecule has 1 aromatic carbocycles. The Hall–Kier alpha value is -1.70. The minimum atomic E-state index is 0.165. The lowest BCUT2D eigenvalue weighted by Crippen LogP contribution is -2.54. The monoisotopic (exact) mass is 419 g/mol. The van der Waals surface area contributed by atoms with Gasteiger partial charge in [0.25, 0.3) is 0 Å². The molecule has 5 heterocycles. The highest BCUT2D eigenvalue weighted by Gasteiger charge is 2.45. The highest BCUT2D eigenvalue weighted by atomic mass is 16.5. The Bertz CT molecular complexity index is 1030. The van der Waals surface area contributed by atoms with Crippen LogP contribution in [0.1, 0.15) is 24.0 Å². The van der Waals surface area contributed by atoms with Gasteiger partial charge in [0.2, 0.25) is 0 Å². The van der Waals surface area contributed by atoms with E-state index in [1.165, 1.54) is 53.5 Å². The molecule has 5 atom stereocenters. The molecule has 1 aromatic heterocycles. The van der Waals surface area contributed by atoms with E-state index >= 15 is 0 Å². The van der Waals surface area contributed by atoms with Crippen molar-refractivity contribution < 1.29 is 4.74 Å². The summed E-state index contributed by atoms with van der Waals surface area (Å²) in [7, 11) is 2.30. The molecule has 2 N–H and O–H groups in total. The fraction of sp³-hybridized carbons (Fsp3) is 0.600. The van der Waals surface area contributed by atoms with Crippen LogP contribution in [-0.4, -0.2) is 90.5 Å². The van der Waals surface area contributed by atoms with E-state index in [1.54, 1.807) is 0 Å². The van der Waals surface area contributed by atoms with Gasteiger partial charge in [-0.25, -0.2) is 0 Å². The first-order chi connectivity index (χ1) is 15.2. The molecular weight excluding hydrogens is 386 g/mol. The molecule has 7 rings (SSSR count). The Morgan fingerprint density at radius 1 is 1.16 bits per heavy atom. The zero-order valence-corrected chi connectivity index (χ0v) is 18.4. The van der Waals surface area contributed by atoms with Gasteiger partial charge in [-0.15, -0.1) is 0 Å². The lowest BCUT2D eigenvalue weighted by Gasteiger charge is -2.40. The van der Waals surface area contributed by atoms with Crippen LogP contribution in [-0.2, 0) is 11.2 Å². The van der Waals surface area contributed by atoms with Gasteiger partial charge in [-0.2, -0.15) is 0 Å². The number of aromatic nitrogens is 1. The molecule has 0 bridgehead atoms. The van der Waals surface area contributed by atoms with E-state index in [0.717, 1.165) is 32.6 Å². The van der Waals surface area contributed by atoms with Gasteiger partial charge in [0.05, 0.1) is 0 Å². The number of piperazine rings is 1. The average Bonchev–Trinajstić information content (AvgIpc) is 3.51. The largest absolute Gasteiger partial charge is 0.361 e.